The Balaban J connectivity index is 2.32. The highest BCUT2D eigenvalue weighted by Crippen LogP contribution is 2.13. The van der Waals surface area contributed by atoms with Gasteiger partial charge in [0.05, 0.1) is 0 Å². The van der Waals surface area contributed by atoms with Gasteiger partial charge in [0.15, 0.2) is 6.61 Å². The van der Waals surface area contributed by atoms with Crippen molar-refractivity contribution in [3.05, 3.63) is 27.8 Å². The maximum Gasteiger partial charge on any atom is 0.258 e. The standard InChI is InChI=1S/C14H21IN2O2/c1-2-3-4-12(9-16)17-14(18)10-19-13-7-5-11(15)6-8-13/h5-8,12H,2-4,9-10,16H2,1H3,(H,17,18). The molecule has 1 amide bonds. The maximum atomic E-state index is 11.7. The number of benzene rings is 1. The number of nitrogens with one attached hydrogen (secondary N) is 1. The van der Waals surface area contributed by atoms with E-state index in [0.29, 0.717) is 12.3 Å². The van der Waals surface area contributed by atoms with Crippen molar-refractivity contribution in [2.75, 3.05) is 13.2 Å². The SMILES string of the molecule is CCCCC(CN)NC(=O)COc1ccc(I)cc1. The van der Waals surface area contributed by atoms with Crippen LogP contribution < -0.4 is 15.8 Å². The van der Waals surface area contributed by atoms with Crippen molar-refractivity contribution in [1.82, 2.24) is 5.32 Å². The molecule has 0 spiro atoms. The average molecular weight is 376 g/mol. The molecule has 0 radical (unpaired) electrons. The Labute approximate surface area is 128 Å². The lowest BCUT2D eigenvalue weighted by atomic mass is 10.1. The van der Waals surface area contributed by atoms with Gasteiger partial charge in [0.2, 0.25) is 0 Å². The van der Waals surface area contributed by atoms with Gasteiger partial charge in [-0.1, -0.05) is 19.8 Å². The fourth-order valence-electron chi connectivity index (χ4n) is 1.65. The van der Waals surface area contributed by atoms with Crippen LogP contribution in [0, 0.1) is 3.57 Å². The van der Waals surface area contributed by atoms with Crippen LogP contribution in [-0.2, 0) is 4.79 Å². The zero-order chi connectivity index (χ0) is 14.1. The molecule has 5 heteroatoms. The highest BCUT2D eigenvalue weighted by Gasteiger charge is 2.10. The average Bonchev–Trinajstić information content (AvgIpc) is 2.42. The van der Waals surface area contributed by atoms with E-state index in [9.17, 15) is 4.79 Å². The third-order valence-corrected chi connectivity index (χ3v) is 3.46. The van der Waals surface area contributed by atoms with Crippen LogP contribution in [0.2, 0.25) is 0 Å². The molecule has 0 bridgehead atoms. The summed E-state index contributed by atoms with van der Waals surface area (Å²) in [5.41, 5.74) is 5.63. The molecule has 1 rings (SSSR count). The smallest absolute Gasteiger partial charge is 0.258 e. The van der Waals surface area contributed by atoms with Crippen molar-refractivity contribution in [2.24, 2.45) is 5.73 Å². The van der Waals surface area contributed by atoms with Gasteiger partial charge < -0.3 is 15.8 Å². The minimum absolute atomic E-state index is 0.0310. The molecule has 0 aromatic heterocycles. The van der Waals surface area contributed by atoms with Crippen LogP contribution in [0.1, 0.15) is 26.2 Å². The summed E-state index contributed by atoms with van der Waals surface area (Å²) in [6.07, 6.45) is 3.09. The second kappa shape index (κ2) is 9.14. The monoisotopic (exact) mass is 376 g/mol. The number of rotatable bonds is 8. The number of hydrogen-bond acceptors (Lipinski definition) is 3. The number of unbranched alkanes of at least 4 members (excludes halogenated alkanes) is 1. The largest absolute Gasteiger partial charge is 0.484 e. The van der Waals surface area contributed by atoms with E-state index >= 15 is 0 Å². The van der Waals surface area contributed by atoms with E-state index in [1.807, 2.05) is 24.3 Å². The number of ether oxygens (including phenoxy) is 1. The van der Waals surface area contributed by atoms with E-state index in [0.717, 1.165) is 22.8 Å². The molecule has 3 N–H and O–H groups in total. The molecule has 4 nitrogen and oxygen atoms in total. The first-order valence-electron chi connectivity index (χ1n) is 6.53. The molecule has 0 aliphatic rings. The number of carbonyl (C=O) groups is 1. The number of amides is 1. The van der Waals surface area contributed by atoms with Crippen molar-refractivity contribution < 1.29 is 9.53 Å². The Morgan fingerprint density at radius 3 is 2.68 bits per heavy atom. The van der Waals surface area contributed by atoms with E-state index < -0.39 is 0 Å². The molecule has 1 aromatic rings. The zero-order valence-corrected chi connectivity index (χ0v) is 13.4. The minimum atomic E-state index is -0.120. The lowest BCUT2D eigenvalue weighted by Crippen LogP contribution is -2.42. The van der Waals surface area contributed by atoms with Crippen molar-refractivity contribution in [3.8, 4) is 5.75 Å². The number of carbonyl (C=O) groups excluding carboxylic acids is 1. The van der Waals surface area contributed by atoms with Gasteiger partial charge >= 0.3 is 0 Å². The molecule has 0 fully saturated rings. The van der Waals surface area contributed by atoms with Gasteiger partial charge in [0, 0.05) is 16.2 Å². The van der Waals surface area contributed by atoms with Crippen LogP contribution in [-0.4, -0.2) is 25.1 Å². The summed E-state index contributed by atoms with van der Waals surface area (Å²) in [6, 6.07) is 7.64. The topological polar surface area (TPSA) is 64.3 Å². The molecule has 0 aliphatic heterocycles. The molecule has 106 valence electrons. The van der Waals surface area contributed by atoms with Gasteiger partial charge in [-0.3, -0.25) is 4.79 Å². The third kappa shape index (κ3) is 6.77. The molecule has 1 unspecified atom stereocenters. The van der Waals surface area contributed by atoms with E-state index in [2.05, 4.69) is 34.8 Å². The minimum Gasteiger partial charge on any atom is -0.484 e. The lowest BCUT2D eigenvalue weighted by Gasteiger charge is -2.16. The molecule has 0 saturated heterocycles. The third-order valence-electron chi connectivity index (χ3n) is 2.74. The van der Waals surface area contributed by atoms with Crippen LogP contribution in [0.3, 0.4) is 0 Å². The summed E-state index contributed by atoms with van der Waals surface area (Å²) in [5, 5.41) is 2.89. The lowest BCUT2D eigenvalue weighted by molar-refractivity contribution is -0.123. The normalized spacial score (nSPS) is 11.9. The Morgan fingerprint density at radius 1 is 1.42 bits per heavy atom. The van der Waals surface area contributed by atoms with Gasteiger partial charge in [-0.25, -0.2) is 0 Å². The summed E-state index contributed by atoms with van der Waals surface area (Å²) < 4.78 is 6.55. The van der Waals surface area contributed by atoms with Gasteiger partial charge in [-0.15, -0.1) is 0 Å². The maximum absolute atomic E-state index is 11.7. The Morgan fingerprint density at radius 2 is 2.11 bits per heavy atom. The van der Waals surface area contributed by atoms with Crippen LogP contribution >= 0.6 is 22.6 Å². The van der Waals surface area contributed by atoms with Crippen LogP contribution in [0.25, 0.3) is 0 Å². The number of nitrogens with two attached hydrogens (primary N) is 1. The molecule has 19 heavy (non-hydrogen) atoms. The Bertz CT molecular complexity index is 382. The predicted molar refractivity (Wildman–Crippen MR) is 85.2 cm³/mol. The molecular formula is C14H21IN2O2. The number of halogens is 1. The molecular weight excluding hydrogens is 355 g/mol. The first-order chi connectivity index (χ1) is 9.15. The molecule has 0 saturated carbocycles. The molecule has 0 aliphatic carbocycles. The molecule has 1 aromatic carbocycles. The fraction of sp³-hybridized carbons (Fsp3) is 0.500. The fourth-order valence-corrected chi connectivity index (χ4v) is 2.01. The van der Waals surface area contributed by atoms with Gasteiger partial charge in [-0.05, 0) is 53.3 Å². The predicted octanol–water partition coefficient (Wildman–Crippen LogP) is 2.30. The highest BCUT2D eigenvalue weighted by atomic mass is 127. The van der Waals surface area contributed by atoms with Crippen LogP contribution in [0.5, 0.6) is 5.75 Å². The summed E-state index contributed by atoms with van der Waals surface area (Å²) in [5.74, 6) is 0.582. The first kappa shape index (κ1) is 16.2. The second-order valence-corrected chi connectivity index (χ2v) is 5.63. The number of hydrogen-bond donors (Lipinski definition) is 2. The van der Waals surface area contributed by atoms with E-state index in [1.54, 1.807) is 0 Å². The van der Waals surface area contributed by atoms with Crippen molar-refractivity contribution in [1.29, 1.82) is 0 Å². The van der Waals surface area contributed by atoms with Gasteiger partial charge in [-0.2, -0.15) is 0 Å². The summed E-state index contributed by atoms with van der Waals surface area (Å²) >= 11 is 2.22. The van der Waals surface area contributed by atoms with Gasteiger partial charge in [0.1, 0.15) is 5.75 Å². The molecule has 1 atom stereocenters. The van der Waals surface area contributed by atoms with Crippen LogP contribution in [0.15, 0.2) is 24.3 Å². The summed E-state index contributed by atoms with van der Waals surface area (Å²) in [6.45, 7) is 2.62. The van der Waals surface area contributed by atoms with Crippen LogP contribution in [0.4, 0.5) is 0 Å². The second-order valence-electron chi connectivity index (χ2n) is 4.38. The van der Waals surface area contributed by atoms with E-state index in [1.165, 1.54) is 0 Å². The van der Waals surface area contributed by atoms with Crippen molar-refractivity contribution in [3.63, 3.8) is 0 Å². The van der Waals surface area contributed by atoms with E-state index in [4.69, 9.17) is 10.5 Å². The highest BCUT2D eigenvalue weighted by molar-refractivity contribution is 14.1. The quantitative estimate of drug-likeness (QED) is 0.685. The Kier molecular flexibility index (Phi) is 7.81. The first-order valence-corrected chi connectivity index (χ1v) is 7.61. The van der Waals surface area contributed by atoms with Crippen molar-refractivity contribution >= 4 is 28.5 Å². The zero-order valence-electron chi connectivity index (χ0n) is 11.2. The van der Waals surface area contributed by atoms with E-state index in [-0.39, 0.29) is 18.6 Å². The Hall–Kier alpha value is -0.820. The van der Waals surface area contributed by atoms with Crippen molar-refractivity contribution in [2.45, 2.75) is 32.2 Å². The summed E-state index contributed by atoms with van der Waals surface area (Å²) in [7, 11) is 0. The van der Waals surface area contributed by atoms with Gasteiger partial charge in [0.25, 0.3) is 5.91 Å². The summed E-state index contributed by atoms with van der Waals surface area (Å²) in [4.78, 5) is 11.7. The molecule has 0 heterocycles.